The second kappa shape index (κ2) is 3.88. The number of nitrogens with two attached hydrogens (primary N) is 1. The smallest absolute Gasteiger partial charge is 0.0292 e. The van der Waals surface area contributed by atoms with E-state index in [4.69, 9.17) is 5.73 Å². The maximum Gasteiger partial charge on any atom is 0.0292 e. The molecule has 1 aromatic rings. The van der Waals surface area contributed by atoms with Gasteiger partial charge in [-0.1, -0.05) is 35.0 Å². The highest BCUT2D eigenvalue weighted by atomic mass is 79.9. The fourth-order valence-corrected chi connectivity index (χ4v) is 1.39. The molecule has 1 rings (SSSR count). The van der Waals surface area contributed by atoms with E-state index in [-0.39, 0.29) is 6.04 Å². The lowest BCUT2D eigenvalue weighted by atomic mass is 10.1. The molecule has 0 unspecified atom stereocenters. The van der Waals surface area contributed by atoms with E-state index in [0.717, 1.165) is 10.9 Å². The highest BCUT2D eigenvalue weighted by molar-refractivity contribution is 9.10. The normalized spacial score (nSPS) is 13.0. The minimum Gasteiger partial charge on any atom is -0.324 e. The molecule has 1 nitrogen and oxygen atoms in total. The molecule has 0 radical (unpaired) electrons. The summed E-state index contributed by atoms with van der Waals surface area (Å²) in [7, 11) is 0. The topological polar surface area (TPSA) is 26.0 Å². The first-order valence-electron chi connectivity index (χ1n) is 3.75. The van der Waals surface area contributed by atoms with Crippen LogP contribution < -0.4 is 5.73 Å². The van der Waals surface area contributed by atoms with Crippen LogP contribution in [0.1, 0.15) is 24.9 Å². The summed E-state index contributed by atoms with van der Waals surface area (Å²) >= 11 is 3.40. The minimum atomic E-state index is 0.174. The van der Waals surface area contributed by atoms with Crippen molar-refractivity contribution in [3.05, 3.63) is 34.3 Å². The Labute approximate surface area is 75.7 Å². The Morgan fingerprint density at radius 2 is 2.27 bits per heavy atom. The van der Waals surface area contributed by atoms with Crippen molar-refractivity contribution in [2.45, 2.75) is 19.4 Å². The van der Waals surface area contributed by atoms with Crippen LogP contribution in [0.15, 0.2) is 28.7 Å². The molecule has 0 aliphatic heterocycles. The molecule has 0 aliphatic carbocycles. The lowest BCUT2D eigenvalue weighted by Crippen LogP contribution is -2.07. The fourth-order valence-electron chi connectivity index (χ4n) is 0.973. The number of benzene rings is 1. The van der Waals surface area contributed by atoms with Crippen molar-refractivity contribution in [3.8, 4) is 0 Å². The first kappa shape index (κ1) is 8.75. The van der Waals surface area contributed by atoms with Crippen LogP contribution >= 0.6 is 15.9 Å². The third-order valence-corrected chi connectivity index (χ3v) is 2.21. The van der Waals surface area contributed by atoms with E-state index < -0.39 is 0 Å². The second-order valence-electron chi connectivity index (χ2n) is 2.57. The van der Waals surface area contributed by atoms with E-state index in [1.54, 1.807) is 0 Å². The Kier molecular flexibility index (Phi) is 3.09. The van der Waals surface area contributed by atoms with Crippen LogP contribution in [-0.2, 0) is 0 Å². The SMILES string of the molecule is CC[C@H](N)c1cccc(Br)c1. The molecule has 60 valence electrons. The standard InChI is InChI=1S/C9H12BrN/c1-2-9(11)7-4-3-5-8(10)6-7/h3-6,9H,2,11H2,1H3/t9-/m0/s1. The van der Waals surface area contributed by atoms with Crippen LogP contribution in [0, 0.1) is 0 Å². The molecule has 0 aromatic heterocycles. The highest BCUT2D eigenvalue weighted by Crippen LogP contribution is 2.18. The van der Waals surface area contributed by atoms with Gasteiger partial charge in [0.25, 0.3) is 0 Å². The maximum atomic E-state index is 5.84. The van der Waals surface area contributed by atoms with Crippen LogP contribution in [0.3, 0.4) is 0 Å². The van der Waals surface area contributed by atoms with Crippen molar-refractivity contribution >= 4 is 15.9 Å². The summed E-state index contributed by atoms with van der Waals surface area (Å²) in [4.78, 5) is 0. The van der Waals surface area contributed by atoms with Gasteiger partial charge in [0, 0.05) is 10.5 Å². The van der Waals surface area contributed by atoms with E-state index in [0.29, 0.717) is 0 Å². The van der Waals surface area contributed by atoms with E-state index in [9.17, 15) is 0 Å². The average molecular weight is 214 g/mol. The van der Waals surface area contributed by atoms with Crippen molar-refractivity contribution in [2.24, 2.45) is 5.73 Å². The van der Waals surface area contributed by atoms with Crippen molar-refractivity contribution in [1.82, 2.24) is 0 Å². The van der Waals surface area contributed by atoms with Crippen molar-refractivity contribution in [2.75, 3.05) is 0 Å². The Bertz CT molecular complexity index is 235. The summed E-state index contributed by atoms with van der Waals surface area (Å²) in [6.07, 6.45) is 0.983. The summed E-state index contributed by atoms with van der Waals surface area (Å²) in [6, 6.07) is 8.31. The van der Waals surface area contributed by atoms with E-state index >= 15 is 0 Å². The van der Waals surface area contributed by atoms with Gasteiger partial charge in [-0.05, 0) is 24.1 Å². The number of halogens is 1. The maximum absolute atomic E-state index is 5.84. The lowest BCUT2D eigenvalue weighted by molar-refractivity contribution is 0.698. The van der Waals surface area contributed by atoms with Gasteiger partial charge in [-0.25, -0.2) is 0 Å². The minimum absolute atomic E-state index is 0.174. The molecule has 0 saturated heterocycles. The third-order valence-electron chi connectivity index (χ3n) is 1.72. The molecule has 0 fully saturated rings. The molecule has 0 aliphatic rings. The number of rotatable bonds is 2. The van der Waals surface area contributed by atoms with Crippen LogP contribution in [0.2, 0.25) is 0 Å². The zero-order valence-electron chi connectivity index (χ0n) is 6.55. The van der Waals surface area contributed by atoms with Gasteiger partial charge in [0.1, 0.15) is 0 Å². The Balaban J connectivity index is 2.86. The summed E-state index contributed by atoms with van der Waals surface area (Å²) in [5.74, 6) is 0. The van der Waals surface area contributed by atoms with E-state index in [1.165, 1.54) is 5.56 Å². The van der Waals surface area contributed by atoms with Gasteiger partial charge in [0.05, 0.1) is 0 Å². The summed E-state index contributed by atoms with van der Waals surface area (Å²) in [6.45, 7) is 2.09. The van der Waals surface area contributed by atoms with Gasteiger partial charge in [-0.3, -0.25) is 0 Å². The Morgan fingerprint density at radius 1 is 1.55 bits per heavy atom. The molecule has 1 atom stereocenters. The number of hydrogen-bond donors (Lipinski definition) is 1. The van der Waals surface area contributed by atoms with E-state index in [1.807, 2.05) is 12.1 Å². The summed E-state index contributed by atoms with van der Waals surface area (Å²) in [5.41, 5.74) is 7.04. The lowest BCUT2D eigenvalue weighted by Gasteiger charge is -2.08. The molecular weight excluding hydrogens is 202 g/mol. The quantitative estimate of drug-likeness (QED) is 0.804. The molecule has 0 spiro atoms. The predicted octanol–water partition coefficient (Wildman–Crippen LogP) is 2.86. The van der Waals surface area contributed by atoms with Crippen molar-refractivity contribution in [3.63, 3.8) is 0 Å². The first-order chi connectivity index (χ1) is 5.24. The van der Waals surface area contributed by atoms with Crippen LogP contribution in [-0.4, -0.2) is 0 Å². The van der Waals surface area contributed by atoms with Gasteiger partial charge in [0.2, 0.25) is 0 Å². The average Bonchev–Trinajstić information content (AvgIpc) is 2.03. The molecular formula is C9H12BrN. The van der Waals surface area contributed by atoms with Crippen molar-refractivity contribution < 1.29 is 0 Å². The summed E-state index contributed by atoms with van der Waals surface area (Å²) < 4.78 is 1.10. The zero-order valence-corrected chi connectivity index (χ0v) is 8.14. The molecule has 0 bridgehead atoms. The van der Waals surface area contributed by atoms with Gasteiger partial charge in [0.15, 0.2) is 0 Å². The fraction of sp³-hybridized carbons (Fsp3) is 0.333. The van der Waals surface area contributed by atoms with Crippen molar-refractivity contribution in [1.29, 1.82) is 0 Å². The van der Waals surface area contributed by atoms with Gasteiger partial charge >= 0.3 is 0 Å². The Morgan fingerprint density at radius 3 is 2.82 bits per heavy atom. The van der Waals surface area contributed by atoms with Gasteiger partial charge < -0.3 is 5.73 Å². The monoisotopic (exact) mass is 213 g/mol. The molecule has 11 heavy (non-hydrogen) atoms. The molecule has 0 amide bonds. The van der Waals surface area contributed by atoms with Crippen LogP contribution in [0.25, 0.3) is 0 Å². The van der Waals surface area contributed by atoms with Crippen LogP contribution in [0.4, 0.5) is 0 Å². The molecule has 2 N–H and O–H groups in total. The first-order valence-corrected chi connectivity index (χ1v) is 4.54. The molecule has 1 aromatic carbocycles. The molecule has 2 heteroatoms. The molecule has 0 heterocycles. The summed E-state index contributed by atoms with van der Waals surface area (Å²) in [5, 5.41) is 0. The predicted molar refractivity (Wildman–Crippen MR) is 51.4 cm³/mol. The van der Waals surface area contributed by atoms with Gasteiger partial charge in [-0.15, -0.1) is 0 Å². The Hall–Kier alpha value is -0.340. The number of hydrogen-bond acceptors (Lipinski definition) is 1. The zero-order chi connectivity index (χ0) is 8.27. The largest absolute Gasteiger partial charge is 0.324 e. The highest BCUT2D eigenvalue weighted by Gasteiger charge is 2.01. The van der Waals surface area contributed by atoms with Crippen LogP contribution in [0.5, 0.6) is 0 Å². The van der Waals surface area contributed by atoms with E-state index in [2.05, 4.69) is 35.0 Å². The third kappa shape index (κ3) is 2.31. The molecule has 0 saturated carbocycles. The van der Waals surface area contributed by atoms with Gasteiger partial charge in [-0.2, -0.15) is 0 Å². The second-order valence-corrected chi connectivity index (χ2v) is 3.49.